The van der Waals surface area contributed by atoms with Crippen molar-refractivity contribution >= 4 is 5.78 Å². The van der Waals surface area contributed by atoms with Gasteiger partial charge in [0.1, 0.15) is 0 Å². The molecule has 3 unspecified atom stereocenters. The van der Waals surface area contributed by atoms with Gasteiger partial charge in [-0.15, -0.1) is 0 Å². The maximum atomic E-state index is 11.9. The van der Waals surface area contributed by atoms with E-state index in [1.807, 2.05) is 6.08 Å². The molecule has 3 fully saturated rings. The average Bonchev–Trinajstić information content (AvgIpc) is 2.77. The van der Waals surface area contributed by atoms with Crippen LogP contribution < -0.4 is 0 Å². The molecule has 0 spiro atoms. The van der Waals surface area contributed by atoms with Crippen molar-refractivity contribution < 1.29 is 4.79 Å². The van der Waals surface area contributed by atoms with Gasteiger partial charge in [0.25, 0.3) is 0 Å². The maximum absolute atomic E-state index is 11.9. The molecule has 23 heavy (non-hydrogen) atoms. The summed E-state index contributed by atoms with van der Waals surface area (Å²) in [4.78, 5) is 11.9. The lowest BCUT2D eigenvalue weighted by molar-refractivity contribution is -0.117. The fourth-order valence-corrected chi connectivity index (χ4v) is 6.90. The van der Waals surface area contributed by atoms with E-state index in [-0.39, 0.29) is 5.41 Å². The van der Waals surface area contributed by atoms with E-state index in [1.165, 1.54) is 36.8 Å². The Labute approximate surface area is 140 Å². The van der Waals surface area contributed by atoms with Crippen molar-refractivity contribution in [2.45, 2.75) is 65.7 Å². The average molecular weight is 310 g/mol. The first kappa shape index (κ1) is 15.4. The molecule has 0 bridgehead atoms. The second kappa shape index (κ2) is 4.94. The van der Waals surface area contributed by atoms with Gasteiger partial charge in [-0.25, -0.2) is 0 Å². The number of hydrogen-bond donors (Lipinski definition) is 0. The molecule has 0 saturated heterocycles. The van der Waals surface area contributed by atoms with Crippen LogP contribution in [-0.2, 0) is 4.79 Å². The molecule has 124 valence electrons. The highest BCUT2D eigenvalue weighted by Crippen LogP contribution is 2.67. The van der Waals surface area contributed by atoms with Crippen LogP contribution in [0.5, 0.6) is 0 Å². The third-order valence-electron chi connectivity index (χ3n) is 8.10. The molecule has 0 amide bonds. The standard InChI is InChI=1S/C22H30O/c1-5-18-14(2)12-20-17-7-6-15-13-16(23)8-10-21(15,3)19(17)9-11-22(18,20)4/h5,13,17,19-20H,2,6-12H2,1,3-4H3/b18-5+/t17?,19?,20?,21-,22+/m0/s1. The maximum Gasteiger partial charge on any atom is 0.155 e. The lowest BCUT2D eigenvalue weighted by atomic mass is 9.47. The van der Waals surface area contributed by atoms with Crippen molar-refractivity contribution in [3.8, 4) is 0 Å². The van der Waals surface area contributed by atoms with Crippen LogP contribution in [0.2, 0.25) is 0 Å². The van der Waals surface area contributed by atoms with Crippen molar-refractivity contribution in [1.82, 2.24) is 0 Å². The van der Waals surface area contributed by atoms with Gasteiger partial charge in [0, 0.05) is 6.42 Å². The summed E-state index contributed by atoms with van der Waals surface area (Å²) < 4.78 is 0. The van der Waals surface area contributed by atoms with E-state index in [1.54, 1.807) is 5.57 Å². The van der Waals surface area contributed by atoms with E-state index < -0.39 is 0 Å². The number of carbonyl (C=O) groups is 1. The second-order valence-electron chi connectivity index (χ2n) is 8.94. The van der Waals surface area contributed by atoms with Crippen molar-refractivity contribution in [2.75, 3.05) is 0 Å². The Bertz CT molecular complexity index is 636. The van der Waals surface area contributed by atoms with Crippen LogP contribution in [0.4, 0.5) is 0 Å². The molecule has 0 radical (unpaired) electrons. The molecule has 0 aromatic rings. The quantitative estimate of drug-likeness (QED) is 0.566. The summed E-state index contributed by atoms with van der Waals surface area (Å²) in [7, 11) is 0. The minimum atomic E-state index is 0.290. The second-order valence-corrected chi connectivity index (χ2v) is 8.94. The molecule has 1 heteroatoms. The van der Waals surface area contributed by atoms with Gasteiger partial charge in [0.05, 0.1) is 0 Å². The monoisotopic (exact) mass is 310 g/mol. The minimum absolute atomic E-state index is 0.290. The zero-order valence-electron chi connectivity index (χ0n) is 15.0. The zero-order chi connectivity index (χ0) is 16.4. The van der Waals surface area contributed by atoms with Gasteiger partial charge in [0.2, 0.25) is 0 Å². The lowest BCUT2D eigenvalue weighted by Gasteiger charge is -2.57. The van der Waals surface area contributed by atoms with Crippen LogP contribution in [-0.4, -0.2) is 5.78 Å². The van der Waals surface area contributed by atoms with Gasteiger partial charge in [-0.2, -0.15) is 0 Å². The van der Waals surface area contributed by atoms with Crippen LogP contribution >= 0.6 is 0 Å². The molecule has 0 aromatic carbocycles. The zero-order valence-corrected chi connectivity index (χ0v) is 15.0. The first-order chi connectivity index (χ1) is 10.9. The van der Waals surface area contributed by atoms with Crippen LogP contribution in [0.25, 0.3) is 0 Å². The molecule has 4 aliphatic rings. The summed E-state index contributed by atoms with van der Waals surface area (Å²) in [6, 6.07) is 0. The Balaban J connectivity index is 1.72. The normalized spacial score (nSPS) is 47.9. The van der Waals surface area contributed by atoms with E-state index in [0.717, 1.165) is 37.0 Å². The molecule has 0 aromatic heterocycles. The molecule has 4 aliphatic carbocycles. The van der Waals surface area contributed by atoms with Crippen molar-refractivity contribution in [3.05, 3.63) is 35.5 Å². The molecule has 5 atom stereocenters. The summed E-state index contributed by atoms with van der Waals surface area (Å²) >= 11 is 0. The molecule has 0 aliphatic heterocycles. The van der Waals surface area contributed by atoms with Gasteiger partial charge >= 0.3 is 0 Å². The Morgan fingerprint density at radius 3 is 2.65 bits per heavy atom. The van der Waals surface area contributed by atoms with E-state index in [2.05, 4.69) is 33.4 Å². The van der Waals surface area contributed by atoms with E-state index in [4.69, 9.17) is 0 Å². The summed E-state index contributed by atoms with van der Waals surface area (Å²) in [5.41, 5.74) is 5.06. The number of hydrogen-bond acceptors (Lipinski definition) is 1. The molecule has 0 N–H and O–H groups in total. The summed E-state index contributed by atoms with van der Waals surface area (Å²) in [6.45, 7) is 11.6. The third-order valence-corrected chi connectivity index (χ3v) is 8.10. The minimum Gasteiger partial charge on any atom is -0.295 e. The van der Waals surface area contributed by atoms with E-state index in [0.29, 0.717) is 11.2 Å². The number of carbonyl (C=O) groups excluding carboxylic acids is 1. The van der Waals surface area contributed by atoms with Crippen LogP contribution in [0.15, 0.2) is 35.5 Å². The molecular formula is C22H30O. The van der Waals surface area contributed by atoms with Crippen molar-refractivity contribution in [2.24, 2.45) is 28.6 Å². The SMILES string of the molecule is C=C1CC2C3CCC4=CC(=O)CC[C@]4(C)C3CC[C@]2(C)/C1=C/C. The van der Waals surface area contributed by atoms with Gasteiger partial charge in [-0.3, -0.25) is 4.79 Å². The smallest absolute Gasteiger partial charge is 0.155 e. The highest BCUT2D eigenvalue weighted by atomic mass is 16.1. The topological polar surface area (TPSA) is 17.1 Å². The van der Waals surface area contributed by atoms with E-state index in [9.17, 15) is 4.79 Å². The highest BCUT2D eigenvalue weighted by molar-refractivity contribution is 5.91. The van der Waals surface area contributed by atoms with Crippen LogP contribution in [0, 0.1) is 28.6 Å². The highest BCUT2D eigenvalue weighted by Gasteiger charge is 2.58. The molecule has 0 heterocycles. The molecule has 3 saturated carbocycles. The van der Waals surface area contributed by atoms with Crippen LogP contribution in [0.3, 0.4) is 0 Å². The summed E-state index contributed by atoms with van der Waals surface area (Å²) in [5.74, 6) is 2.73. The first-order valence-corrected chi connectivity index (χ1v) is 9.49. The van der Waals surface area contributed by atoms with Crippen LogP contribution in [0.1, 0.15) is 65.7 Å². The Kier molecular flexibility index (Phi) is 3.31. The fourth-order valence-electron chi connectivity index (χ4n) is 6.90. The fraction of sp³-hybridized carbons (Fsp3) is 0.682. The number of fused-ring (bicyclic) bond motifs is 5. The molecular weight excluding hydrogens is 280 g/mol. The largest absolute Gasteiger partial charge is 0.295 e. The number of allylic oxidation sites excluding steroid dienone is 4. The predicted octanol–water partition coefficient (Wildman–Crippen LogP) is 5.63. The van der Waals surface area contributed by atoms with Gasteiger partial charge < -0.3 is 0 Å². The lowest BCUT2D eigenvalue weighted by Crippen LogP contribution is -2.49. The van der Waals surface area contributed by atoms with Crippen molar-refractivity contribution in [3.63, 3.8) is 0 Å². The van der Waals surface area contributed by atoms with Gasteiger partial charge in [-0.05, 0) is 85.7 Å². The summed E-state index contributed by atoms with van der Waals surface area (Å²) in [5, 5.41) is 0. The van der Waals surface area contributed by atoms with Gasteiger partial charge in [-0.1, -0.05) is 37.6 Å². The first-order valence-electron chi connectivity index (χ1n) is 9.49. The Morgan fingerprint density at radius 2 is 1.91 bits per heavy atom. The summed E-state index contributed by atoms with van der Waals surface area (Å²) in [6.07, 6.45) is 12.4. The van der Waals surface area contributed by atoms with Crippen molar-refractivity contribution in [1.29, 1.82) is 0 Å². The van der Waals surface area contributed by atoms with E-state index >= 15 is 0 Å². The number of rotatable bonds is 0. The Morgan fingerprint density at radius 1 is 1.13 bits per heavy atom. The molecule has 4 rings (SSSR count). The third kappa shape index (κ3) is 1.95. The Hall–Kier alpha value is -1.11. The molecule has 1 nitrogen and oxygen atoms in total. The van der Waals surface area contributed by atoms with Gasteiger partial charge in [0.15, 0.2) is 5.78 Å². The predicted molar refractivity (Wildman–Crippen MR) is 95.0 cm³/mol. The number of ketones is 1.